The van der Waals surface area contributed by atoms with E-state index in [0.717, 1.165) is 18.2 Å². The number of aromatic hydroxyl groups is 1. The Kier molecular flexibility index (Phi) is 5.48. The van der Waals surface area contributed by atoms with Gasteiger partial charge in [-0.3, -0.25) is 0 Å². The molecule has 0 heterocycles. The number of rotatable bonds is 5. The average molecular weight is 341 g/mol. The van der Waals surface area contributed by atoms with E-state index < -0.39 is 29.4 Å². The molecule has 2 N–H and O–H groups in total. The zero-order valence-electron chi connectivity index (χ0n) is 12.7. The first kappa shape index (κ1) is 17.7. The summed E-state index contributed by atoms with van der Waals surface area (Å²) in [5.74, 6) is -3.24. The topological polar surface area (TPSA) is 108 Å². The van der Waals surface area contributed by atoms with Crippen LogP contribution in [0.1, 0.15) is 17.2 Å². The molecule has 0 aliphatic heterocycles. The van der Waals surface area contributed by atoms with E-state index in [2.05, 4.69) is 0 Å². The second-order valence-corrected chi connectivity index (χ2v) is 4.94. The molecule has 0 fully saturated rings. The first-order valence-electron chi connectivity index (χ1n) is 7.01. The fraction of sp³-hybridized carbons (Fsp3) is 0.0556. The number of phenolic OH excluding ortho intramolecular Hbond substituents is 1. The molecule has 0 saturated heterocycles. The molecular weight excluding hydrogens is 329 g/mol. The van der Waals surface area contributed by atoms with Crippen LogP contribution in [0.15, 0.2) is 54.1 Å². The molecule has 0 aromatic heterocycles. The number of carbonyl (C=O) groups excluding carboxylic acids is 1. The van der Waals surface area contributed by atoms with Gasteiger partial charge in [-0.2, -0.15) is 5.26 Å². The van der Waals surface area contributed by atoms with E-state index in [4.69, 9.17) is 10.00 Å². The van der Waals surface area contributed by atoms with E-state index in [1.54, 1.807) is 12.1 Å². The second-order valence-electron chi connectivity index (χ2n) is 4.94. The number of esters is 1. The van der Waals surface area contributed by atoms with Crippen molar-refractivity contribution in [2.24, 2.45) is 0 Å². The third-order valence-corrected chi connectivity index (χ3v) is 3.14. The first-order valence-corrected chi connectivity index (χ1v) is 7.01. The number of carboxylic acids is 1. The molecule has 0 radical (unpaired) electrons. The number of benzene rings is 2. The van der Waals surface area contributed by atoms with Crippen LogP contribution in [-0.4, -0.2) is 22.2 Å². The van der Waals surface area contributed by atoms with Crippen molar-refractivity contribution in [2.45, 2.75) is 6.10 Å². The fourth-order valence-electron chi connectivity index (χ4n) is 1.99. The smallest absolute Gasteiger partial charge is 0.350 e. The van der Waals surface area contributed by atoms with Gasteiger partial charge in [0.15, 0.2) is 0 Å². The lowest BCUT2D eigenvalue weighted by atomic mass is 10.1. The van der Waals surface area contributed by atoms with Crippen molar-refractivity contribution in [3.05, 3.63) is 71.0 Å². The van der Waals surface area contributed by atoms with Gasteiger partial charge in [-0.1, -0.05) is 24.3 Å². The Hall–Kier alpha value is -3.66. The molecule has 0 spiro atoms. The number of hydrogen-bond acceptors (Lipinski definition) is 5. The molecule has 2 aromatic rings. The van der Waals surface area contributed by atoms with Crippen LogP contribution in [0.25, 0.3) is 6.08 Å². The third-order valence-electron chi connectivity index (χ3n) is 3.14. The molecule has 0 bridgehead atoms. The summed E-state index contributed by atoms with van der Waals surface area (Å²) in [5, 5.41) is 27.7. The van der Waals surface area contributed by atoms with Crippen LogP contribution < -0.4 is 0 Å². The monoisotopic (exact) mass is 341 g/mol. The van der Waals surface area contributed by atoms with Gasteiger partial charge in [0, 0.05) is 5.56 Å². The predicted molar refractivity (Wildman–Crippen MR) is 84.6 cm³/mol. The zero-order chi connectivity index (χ0) is 18.4. The largest absolute Gasteiger partial charge is 0.508 e. The van der Waals surface area contributed by atoms with Crippen LogP contribution in [0.3, 0.4) is 0 Å². The predicted octanol–water partition coefficient (Wildman–Crippen LogP) is 2.81. The summed E-state index contributed by atoms with van der Waals surface area (Å²) >= 11 is 0. The molecule has 2 rings (SSSR count). The van der Waals surface area contributed by atoms with Gasteiger partial charge in [-0.05, 0) is 35.9 Å². The van der Waals surface area contributed by atoms with Gasteiger partial charge >= 0.3 is 11.9 Å². The van der Waals surface area contributed by atoms with Gasteiger partial charge in [0.05, 0.1) is 0 Å². The normalized spacial score (nSPS) is 12.1. The molecule has 0 aliphatic carbocycles. The molecule has 25 heavy (non-hydrogen) atoms. The molecule has 0 aliphatic rings. The highest BCUT2D eigenvalue weighted by Crippen LogP contribution is 2.21. The minimum Gasteiger partial charge on any atom is -0.508 e. The van der Waals surface area contributed by atoms with Gasteiger partial charge in [0.25, 0.3) is 0 Å². The lowest BCUT2D eigenvalue weighted by Gasteiger charge is -2.13. The highest BCUT2D eigenvalue weighted by atomic mass is 19.1. The van der Waals surface area contributed by atoms with Crippen LogP contribution >= 0.6 is 0 Å². The second kappa shape index (κ2) is 7.75. The average Bonchev–Trinajstić information content (AvgIpc) is 2.58. The molecule has 0 amide bonds. The number of nitriles is 1. The lowest BCUT2D eigenvalue weighted by Crippen LogP contribution is -2.20. The zero-order valence-corrected chi connectivity index (χ0v) is 12.7. The Morgan fingerprint density at radius 3 is 2.44 bits per heavy atom. The Labute approximate surface area is 142 Å². The van der Waals surface area contributed by atoms with E-state index in [9.17, 15) is 24.2 Å². The Balaban J connectivity index is 2.26. The van der Waals surface area contributed by atoms with Gasteiger partial charge in [-0.15, -0.1) is 0 Å². The number of carbonyl (C=O) groups is 2. The standard InChI is InChI=1S/C18H12FNO5/c19-14-6-4-12(5-7-14)16(17(22)23)25-18(24)13(10-20)8-11-2-1-3-15(21)9-11/h1-9,16,21H,(H,22,23). The van der Waals surface area contributed by atoms with Crippen LogP contribution in [0, 0.1) is 17.1 Å². The van der Waals surface area contributed by atoms with E-state index in [-0.39, 0.29) is 11.3 Å². The SMILES string of the molecule is N#CC(=Cc1cccc(O)c1)C(=O)OC(C(=O)O)c1ccc(F)cc1. The first-order chi connectivity index (χ1) is 11.9. The fourth-order valence-corrected chi connectivity index (χ4v) is 1.99. The van der Waals surface area contributed by atoms with Crippen LogP contribution in [0.5, 0.6) is 5.75 Å². The molecule has 1 unspecified atom stereocenters. The van der Waals surface area contributed by atoms with Gasteiger partial charge in [0.1, 0.15) is 23.2 Å². The Bertz CT molecular complexity index is 868. The summed E-state index contributed by atoms with van der Waals surface area (Å²) in [6.45, 7) is 0. The minimum atomic E-state index is -1.69. The maximum atomic E-state index is 12.9. The van der Waals surface area contributed by atoms with Gasteiger partial charge in [0.2, 0.25) is 6.10 Å². The summed E-state index contributed by atoms with van der Waals surface area (Å²) in [6, 6.07) is 11.8. The molecule has 6 nitrogen and oxygen atoms in total. The van der Waals surface area contributed by atoms with Crippen molar-refractivity contribution in [2.75, 3.05) is 0 Å². The van der Waals surface area contributed by atoms with Crippen molar-refractivity contribution in [1.82, 2.24) is 0 Å². The van der Waals surface area contributed by atoms with Crippen molar-refractivity contribution in [3.8, 4) is 11.8 Å². The summed E-state index contributed by atoms with van der Waals surface area (Å²) in [6.07, 6.45) is -0.528. The van der Waals surface area contributed by atoms with Crippen molar-refractivity contribution >= 4 is 18.0 Å². The van der Waals surface area contributed by atoms with Crippen molar-refractivity contribution in [3.63, 3.8) is 0 Å². The van der Waals surface area contributed by atoms with Crippen molar-refractivity contribution < 1.29 is 28.9 Å². The van der Waals surface area contributed by atoms with Crippen LogP contribution in [0.4, 0.5) is 4.39 Å². The third kappa shape index (κ3) is 4.65. The molecule has 1 atom stereocenters. The number of nitrogens with zero attached hydrogens (tertiary/aromatic N) is 1. The molecule has 126 valence electrons. The van der Waals surface area contributed by atoms with E-state index in [1.165, 1.54) is 30.3 Å². The van der Waals surface area contributed by atoms with Crippen LogP contribution in [-0.2, 0) is 14.3 Å². The molecule has 2 aromatic carbocycles. The molecular formula is C18H12FNO5. The van der Waals surface area contributed by atoms with E-state index in [0.29, 0.717) is 5.56 Å². The van der Waals surface area contributed by atoms with Crippen molar-refractivity contribution in [1.29, 1.82) is 5.26 Å². The molecule has 7 heteroatoms. The van der Waals surface area contributed by atoms with Gasteiger partial charge in [-0.25, -0.2) is 14.0 Å². The Morgan fingerprint density at radius 2 is 1.88 bits per heavy atom. The number of ether oxygens (including phenoxy) is 1. The summed E-state index contributed by atoms with van der Waals surface area (Å²) in [4.78, 5) is 23.4. The maximum absolute atomic E-state index is 12.9. The quantitative estimate of drug-likeness (QED) is 0.492. The van der Waals surface area contributed by atoms with Gasteiger partial charge < -0.3 is 14.9 Å². The van der Waals surface area contributed by atoms with E-state index >= 15 is 0 Å². The van der Waals surface area contributed by atoms with Crippen LogP contribution in [0.2, 0.25) is 0 Å². The number of phenols is 1. The number of hydrogen-bond donors (Lipinski definition) is 2. The number of halogens is 1. The molecule has 0 saturated carbocycles. The maximum Gasteiger partial charge on any atom is 0.350 e. The number of aliphatic carboxylic acids is 1. The Morgan fingerprint density at radius 1 is 1.20 bits per heavy atom. The summed E-state index contributed by atoms with van der Waals surface area (Å²) < 4.78 is 17.8. The summed E-state index contributed by atoms with van der Waals surface area (Å²) in [7, 11) is 0. The minimum absolute atomic E-state index is 0.0527. The number of carboxylic acid groups (broad SMARTS) is 1. The highest BCUT2D eigenvalue weighted by molar-refractivity contribution is 5.99. The van der Waals surface area contributed by atoms with E-state index in [1.807, 2.05) is 0 Å². The summed E-state index contributed by atoms with van der Waals surface area (Å²) in [5.41, 5.74) is -0.0296. The lowest BCUT2D eigenvalue weighted by molar-refractivity contribution is -0.161. The highest BCUT2D eigenvalue weighted by Gasteiger charge is 2.26.